The average molecular weight is 339 g/mol. The maximum Gasteiger partial charge on any atom is 0.236 e. The lowest BCUT2D eigenvalue weighted by Crippen LogP contribution is -2.55. The molecule has 1 saturated carbocycles. The van der Waals surface area contributed by atoms with E-state index >= 15 is 0 Å². The minimum absolute atomic E-state index is 0.113. The Morgan fingerprint density at radius 2 is 1.80 bits per heavy atom. The topological polar surface area (TPSA) is 58.2 Å². The van der Waals surface area contributed by atoms with Crippen molar-refractivity contribution in [2.75, 3.05) is 7.05 Å². The normalized spacial score (nSPS) is 17.8. The zero-order valence-corrected chi connectivity index (χ0v) is 13.3. The standard InChI is InChI=1S/C15H19BrN2O2/c1-10(11-4-6-12(16)7-5-11)18-14(20)15(8-3-9-15)13(19)17-2/h4-7,10H,3,8-9H2,1-2H3,(H,17,19)(H,18,20)/t10-/m0/s1. The van der Waals surface area contributed by atoms with E-state index in [1.807, 2.05) is 31.2 Å². The lowest BCUT2D eigenvalue weighted by Gasteiger charge is -2.38. The van der Waals surface area contributed by atoms with Gasteiger partial charge < -0.3 is 10.6 Å². The molecule has 0 aliphatic heterocycles. The highest BCUT2D eigenvalue weighted by Gasteiger charge is 2.50. The molecule has 2 rings (SSSR count). The van der Waals surface area contributed by atoms with Crippen LogP contribution in [0.4, 0.5) is 0 Å². The Bertz CT molecular complexity index is 509. The molecule has 1 fully saturated rings. The van der Waals surface area contributed by atoms with Gasteiger partial charge in [0.05, 0.1) is 6.04 Å². The van der Waals surface area contributed by atoms with Gasteiger partial charge in [-0.3, -0.25) is 9.59 Å². The molecule has 0 bridgehead atoms. The van der Waals surface area contributed by atoms with Crippen molar-refractivity contribution < 1.29 is 9.59 Å². The molecule has 1 aromatic rings. The summed E-state index contributed by atoms with van der Waals surface area (Å²) in [4.78, 5) is 24.4. The Labute approximate surface area is 127 Å². The van der Waals surface area contributed by atoms with Crippen LogP contribution in [0.5, 0.6) is 0 Å². The van der Waals surface area contributed by atoms with Gasteiger partial charge in [-0.05, 0) is 37.5 Å². The molecule has 20 heavy (non-hydrogen) atoms. The SMILES string of the molecule is CNC(=O)C1(C(=O)N[C@@H](C)c2ccc(Br)cc2)CCC1. The lowest BCUT2D eigenvalue weighted by atomic mass is 9.67. The molecule has 0 spiro atoms. The summed E-state index contributed by atoms with van der Waals surface area (Å²) in [6, 6.07) is 7.69. The van der Waals surface area contributed by atoms with E-state index in [0.29, 0.717) is 12.8 Å². The summed E-state index contributed by atoms with van der Waals surface area (Å²) in [7, 11) is 1.58. The van der Waals surface area contributed by atoms with Gasteiger partial charge in [0.1, 0.15) is 5.41 Å². The monoisotopic (exact) mass is 338 g/mol. The highest BCUT2D eigenvalue weighted by molar-refractivity contribution is 9.10. The van der Waals surface area contributed by atoms with E-state index in [1.165, 1.54) is 0 Å². The van der Waals surface area contributed by atoms with E-state index in [0.717, 1.165) is 16.5 Å². The van der Waals surface area contributed by atoms with Crippen molar-refractivity contribution in [3.63, 3.8) is 0 Å². The molecule has 0 heterocycles. The maximum absolute atomic E-state index is 12.4. The molecular weight excluding hydrogens is 320 g/mol. The van der Waals surface area contributed by atoms with Crippen LogP contribution in [0, 0.1) is 5.41 Å². The molecule has 1 aliphatic carbocycles. The predicted octanol–water partition coefficient (Wildman–Crippen LogP) is 2.54. The van der Waals surface area contributed by atoms with Gasteiger partial charge in [-0.1, -0.05) is 34.5 Å². The van der Waals surface area contributed by atoms with Crippen LogP contribution in [0.15, 0.2) is 28.7 Å². The van der Waals surface area contributed by atoms with Crippen molar-refractivity contribution in [2.45, 2.75) is 32.2 Å². The Balaban J connectivity index is 2.07. The molecule has 1 aliphatic rings. The van der Waals surface area contributed by atoms with Gasteiger partial charge >= 0.3 is 0 Å². The summed E-state index contributed by atoms with van der Waals surface area (Å²) >= 11 is 3.39. The molecule has 4 nitrogen and oxygen atoms in total. The van der Waals surface area contributed by atoms with Gasteiger partial charge in [0.25, 0.3) is 0 Å². The Kier molecular flexibility index (Phi) is 4.48. The molecule has 1 aromatic carbocycles. The van der Waals surface area contributed by atoms with Crippen LogP contribution in [0.25, 0.3) is 0 Å². The van der Waals surface area contributed by atoms with Crippen molar-refractivity contribution in [2.24, 2.45) is 5.41 Å². The van der Waals surface area contributed by atoms with E-state index in [4.69, 9.17) is 0 Å². The van der Waals surface area contributed by atoms with E-state index in [9.17, 15) is 9.59 Å². The zero-order chi connectivity index (χ0) is 14.8. The number of carbonyl (C=O) groups excluding carboxylic acids is 2. The Hall–Kier alpha value is -1.36. The van der Waals surface area contributed by atoms with Crippen LogP contribution in [0.1, 0.15) is 37.8 Å². The first-order chi connectivity index (χ1) is 9.49. The quantitative estimate of drug-likeness (QED) is 0.829. The highest BCUT2D eigenvalue weighted by Crippen LogP contribution is 2.41. The second-order valence-electron chi connectivity index (χ2n) is 5.26. The molecule has 108 valence electrons. The third-order valence-electron chi connectivity index (χ3n) is 4.02. The van der Waals surface area contributed by atoms with Crippen LogP contribution in [-0.2, 0) is 9.59 Å². The lowest BCUT2D eigenvalue weighted by molar-refractivity contribution is -0.149. The third-order valence-corrected chi connectivity index (χ3v) is 4.55. The summed E-state index contributed by atoms with van der Waals surface area (Å²) in [6.07, 6.45) is 2.19. The number of hydrogen-bond donors (Lipinski definition) is 2. The fraction of sp³-hybridized carbons (Fsp3) is 0.467. The largest absolute Gasteiger partial charge is 0.358 e. The third kappa shape index (κ3) is 2.73. The number of carbonyl (C=O) groups is 2. The van der Waals surface area contributed by atoms with Crippen molar-refractivity contribution in [3.8, 4) is 0 Å². The number of benzene rings is 1. The van der Waals surface area contributed by atoms with Crippen molar-refractivity contribution >= 4 is 27.7 Å². The highest BCUT2D eigenvalue weighted by atomic mass is 79.9. The zero-order valence-electron chi connectivity index (χ0n) is 11.7. The summed E-state index contributed by atoms with van der Waals surface area (Å²) in [5.74, 6) is -0.345. The van der Waals surface area contributed by atoms with Gasteiger partial charge in [0.15, 0.2) is 0 Å². The fourth-order valence-corrected chi connectivity index (χ4v) is 2.76. The van der Waals surface area contributed by atoms with Gasteiger partial charge in [-0.25, -0.2) is 0 Å². The first kappa shape index (κ1) is 15.0. The predicted molar refractivity (Wildman–Crippen MR) is 81.1 cm³/mol. The van der Waals surface area contributed by atoms with Crippen LogP contribution in [-0.4, -0.2) is 18.9 Å². The first-order valence-corrected chi connectivity index (χ1v) is 7.57. The number of hydrogen-bond acceptors (Lipinski definition) is 2. The smallest absolute Gasteiger partial charge is 0.236 e. The van der Waals surface area contributed by atoms with E-state index in [2.05, 4.69) is 26.6 Å². The van der Waals surface area contributed by atoms with Crippen molar-refractivity contribution in [1.82, 2.24) is 10.6 Å². The first-order valence-electron chi connectivity index (χ1n) is 6.78. The summed E-state index contributed by atoms with van der Waals surface area (Å²) in [5, 5.41) is 5.56. The minimum atomic E-state index is -0.863. The van der Waals surface area contributed by atoms with Crippen LogP contribution in [0.2, 0.25) is 0 Å². The van der Waals surface area contributed by atoms with E-state index in [-0.39, 0.29) is 17.9 Å². The molecule has 5 heteroatoms. The Morgan fingerprint density at radius 1 is 1.20 bits per heavy atom. The molecule has 2 N–H and O–H groups in total. The molecule has 1 atom stereocenters. The molecule has 0 radical (unpaired) electrons. The second-order valence-corrected chi connectivity index (χ2v) is 6.18. The van der Waals surface area contributed by atoms with Crippen LogP contribution < -0.4 is 10.6 Å². The minimum Gasteiger partial charge on any atom is -0.358 e. The van der Waals surface area contributed by atoms with Crippen LogP contribution >= 0.6 is 15.9 Å². The average Bonchev–Trinajstić information content (AvgIpc) is 2.37. The molecule has 0 unspecified atom stereocenters. The van der Waals surface area contributed by atoms with Gasteiger partial charge in [0, 0.05) is 11.5 Å². The van der Waals surface area contributed by atoms with Crippen LogP contribution in [0.3, 0.4) is 0 Å². The second kappa shape index (κ2) is 5.95. The summed E-state index contributed by atoms with van der Waals surface area (Å²) < 4.78 is 1.00. The van der Waals surface area contributed by atoms with E-state index < -0.39 is 5.41 Å². The number of rotatable bonds is 4. The van der Waals surface area contributed by atoms with Crippen molar-refractivity contribution in [1.29, 1.82) is 0 Å². The fourth-order valence-electron chi connectivity index (χ4n) is 2.50. The van der Waals surface area contributed by atoms with Crippen molar-refractivity contribution in [3.05, 3.63) is 34.3 Å². The summed E-state index contributed by atoms with van der Waals surface area (Å²) in [5.41, 5.74) is 0.159. The molecule has 0 aromatic heterocycles. The van der Waals surface area contributed by atoms with E-state index in [1.54, 1.807) is 7.05 Å². The molecule has 0 saturated heterocycles. The number of amides is 2. The number of halogens is 1. The molecule has 2 amide bonds. The Morgan fingerprint density at radius 3 is 2.25 bits per heavy atom. The number of nitrogens with one attached hydrogen (secondary N) is 2. The summed E-state index contributed by atoms with van der Waals surface area (Å²) in [6.45, 7) is 1.93. The van der Waals surface area contributed by atoms with Gasteiger partial charge in [-0.15, -0.1) is 0 Å². The molecular formula is C15H19BrN2O2. The van der Waals surface area contributed by atoms with Gasteiger partial charge in [0.2, 0.25) is 11.8 Å². The van der Waals surface area contributed by atoms with Gasteiger partial charge in [-0.2, -0.15) is 0 Å². The maximum atomic E-state index is 12.4.